The predicted molar refractivity (Wildman–Crippen MR) is 108 cm³/mol. The Bertz CT molecular complexity index is 1310. The third-order valence-corrected chi connectivity index (χ3v) is 6.15. The molecule has 2 aliphatic rings. The zero-order valence-corrected chi connectivity index (χ0v) is 16.5. The first kappa shape index (κ1) is 17.5. The topological polar surface area (TPSA) is 103 Å². The highest BCUT2D eigenvalue weighted by atomic mass is 35.5. The van der Waals surface area contributed by atoms with Crippen LogP contribution in [-0.2, 0) is 6.54 Å². The van der Waals surface area contributed by atoms with E-state index in [4.69, 9.17) is 16.1 Å². The minimum atomic E-state index is -0.228. The second-order valence-electron chi connectivity index (χ2n) is 7.68. The maximum Gasteiger partial charge on any atom is 0.276 e. The van der Waals surface area contributed by atoms with Gasteiger partial charge in [-0.15, -0.1) is 0 Å². The normalized spacial score (nSPS) is 22.4. The van der Waals surface area contributed by atoms with Gasteiger partial charge in [-0.1, -0.05) is 16.8 Å². The zero-order chi connectivity index (χ0) is 20.2. The summed E-state index contributed by atoms with van der Waals surface area (Å²) in [6.07, 6.45) is 4.93. The smallest absolute Gasteiger partial charge is 0.276 e. The molecule has 0 unspecified atom stereocenters. The van der Waals surface area contributed by atoms with Gasteiger partial charge in [-0.2, -0.15) is 10.1 Å². The highest BCUT2D eigenvalue weighted by Crippen LogP contribution is 2.57. The lowest BCUT2D eigenvalue weighted by Gasteiger charge is -2.20. The van der Waals surface area contributed by atoms with E-state index < -0.39 is 0 Å². The first-order valence-corrected chi connectivity index (χ1v) is 10.0. The second-order valence-corrected chi connectivity index (χ2v) is 8.12. The summed E-state index contributed by atoms with van der Waals surface area (Å²) in [5.74, 6) is 3.21. The zero-order valence-electron chi connectivity index (χ0n) is 15.7. The maximum absolute atomic E-state index is 12.6. The monoisotopic (exact) mass is 421 g/mol. The number of hydrogen-bond donors (Lipinski definition) is 0. The van der Waals surface area contributed by atoms with Gasteiger partial charge < -0.3 is 9.42 Å². The fraction of sp³-hybridized carbons (Fsp3) is 0.300. The molecule has 0 spiro atoms. The molecule has 4 aromatic heterocycles. The molecule has 1 saturated heterocycles. The Labute approximate surface area is 175 Å². The molecular weight excluding hydrogens is 406 g/mol. The third-order valence-electron chi connectivity index (χ3n) is 5.92. The van der Waals surface area contributed by atoms with Crippen molar-refractivity contribution < 1.29 is 4.52 Å². The number of piperidine rings is 1. The van der Waals surface area contributed by atoms with E-state index >= 15 is 0 Å². The van der Waals surface area contributed by atoms with Crippen molar-refractivity contribution in [2.24, 2.45) is 11.8 Å². The van der Waals surface area contributed by atoms with Crippen molar-refractivity contribution in [2.75, 3.05) is 18.0 Å². The van der Waals surface area contributed by atoms with Crippen molar-refractivity contribution in [3.05, 3.63) is 69.9 Å². The van der Waals surface area contributed by atoms with Crippen LogP contribution in [-0.4, -0.2) is 43.0 Å². The van der Waals surface area contributed by atoms with Crippen LogP contribution in [0.1, 0.15) is 17.6 Å². The summed E-state index contributed by atoms with van der Waals surface area (Å²) >= 11 is 6.08. The van der Waals surface area contributed by atoms with Gasteiger partial charge in [-0.25, -0.2) is 9.67 Å². The third kappa shape index (κ3) is 2.85. The van der Waals surface area contributed by atoms with E-state index in [0.29, 0.717) is 39.5 Å². The van der Waals surface area contributed by atoms with Gasteiger partial charge in [0.05, 0.1) is 17.1 Å². The molecule has 5 heterocycles. The molecule has 6 rings (SSSR count). The van der Waals surface area contributed by atoms with Crippen LogP contribution >= 0.6 is 11.6 Å². The summed E-state index contributed by atoms with van der Waals surface area (Å²) in [6, 6.07) is 7.12. The van der Waals surface area contributed by atoms with E-state index in [1.54, 1.807) is 36.8 Å². The number of aromatic nitrogens is 6. The summed E-state index contributed by atoms with van der Waals surface area (Å²) in [5, 5.41) is 9.53. The number of halogens is 1. The fourth-order valence-corrected chi connectivity index (χ4v) is 4.54. The molecule has 30 heavy (non-hydrogen) atoms. The number of hydrogen-bond acceptors (Lipinski definition) is 8. The lowest BCUT2D eigenvalue weighted by atomic mass is 10.2. The summed E-state index contributed by atoms with van der Waals surface area (Å²) in [6.45, 7) is 1.92. The molecule has 2 fully saturated rings. The van der Waals surface area contributed by atoms with E-state index in [0.717, 1.165) is 18.9 Å². The van der Waals surface area contributed by atoms with Crippen molar-refractivity contribution in [3.8, 4) is 0 Å². The van der Waals surface area contributed by atoms with Crippen LogP contribution in [0.5, 0.6) is 0 Å². The molecule has 10 heteroatoms. The highest BCUT2D eigenvalue weighted by Gasteiger charge is 2.58. The molecule has 0 amide bonds. The van der Waals surface area contributed by atoms with E-state index in [1.807, 2.05) is 6.07 Å². The standard InChI is InChI=1S/C20H16ClN7O2/c21-11-3-5-23-16(6-11)27-8-13-14(9-27)18(13)19-25-17(30-26-19)10-28-20(29)12-2-1-4-22-15(12)7-24-28/h1-7,13-14,18H,8-10H2/t13-,14+,18+. The van der Waals surface area contributed by atoms with Gasteiger partial charge >= 0.3 is 0 Å². The van der Waals surface area contributed by atoms with Crippen LogP contribution in [0.15, 0.2) is 52.2 Å². The molecule has 1 aliphatic carbocycles. The van der Waals surface area contributed by atoms with Crippen molar-refractivity contribution in [1.29, 1.82) is 0 Å². The maximum atomic E-state index is 12.6. The molecule has 0 aromatic carbocycles. The van der Waals surface area contributed by atoms with Gasteiger partial charge in [0, 0.05) is 36.4 Å². The van der Waals surface area contributed by atoms with Crippen LogP contribution in [0, 0.1) is 11.8 Å². The summed E-state index contributed by atoms with van der Waals surface area (Å²) < 4.78 is 6.73. The Hall–Kier alpha value is -3.33. The van der Waals surface area contributed by atoms with Gasteiger partial charge in [0.25, 0.3) is 5.56 Å². The Morgan fingerprint density at radius 1 is 1.17 bits per heavy atom. The molecule has 4 aromatic rings. The summed E-state index contributed by atoms with van der Waals surface area (Å²) in [4.78, 5) is 27.9. The fourth-order valence-electron chi connectivity index (χ4n) is 4.39. The molecule has 1 aliphatic heterocycles. The Morgan fingerprint density at radius 3 is 2.87 bits per heavy atom. The van der Waals surface area contributed by atoms with Gasteiger partial charge in [0.1, 0.15) is 12.4 Å². The van der Waals surface area contributed by atoms with Crippen LogP contribution in [0.4, 0.5) is 5.82 Å². The van der Waals surface area contributed by atoms with Crippen molar-refractivity contribution >= 4 is 28.3 Å². The van der Waals surface area contributed by atoms with Crippen molar-refractivity contribution in [3.63, 3.8) is 0 Å². The van der Waals surface area contributed by atoms with E-state index in [1.165, 1.54) is 4.68 Å². The summed E-state index contributed by atoms with van der Waals surface area (Å²) in [5.41, 5.74) is 0.336. The molecule has 3 atom stereocenters. The average molecular weight is 422 g/mol. The van der Waals surface area contributed by atoms with Crippen molar-refractivity contribution in [1.82, 2.24) is 29.9 Å². The van der Waals surface area contributed by atoms with Crippen LogP contribution < -0.4 is 10.5 Å². The lowest BCUT2D eigenvalue weighted by Crippen LogP contribution is -2.24. The van der Waals surface area contributed by atoms with Crippen LogP contribution in [0.3, 0.4) is 0 Å². The quantitative estimate of drug-likeness (QED) is 0.493. The van der Waals surface area contributed by atoms with Gasteiger partial charge in [0.2, 0.25) is 5.89 Å². The average Bonchev–Trinajstić information content (AvgIpc) is 3.10. The Balaban J connectivity index is 1.16. The molecule has 9 nitrogen and oxygen atoms in total. The van der Waals surface area contributed by atoms with Crippen LogP contribution in [0.25, 0.3) is 10.9 Å². The number of fused-ring (bicyclic) bond motifs is 2. The molecule has 0 N–H and O–H groups in total. The number of nitrogens with zero attached hydrogens (tertiary/aromatic N) is 7. The Morgan fingerprint density at radius 2 is 2.03 bits per heavy atom. The number of anilines is 1. The lowest BCUT2D eigenvalue weighted by molar-refractivity contribution is 0.358. The molecular formula is C20H16ClN7O2. The van der Waals surface area contributed by atoms with Gasteiger partial charge in [-0.3, -0.25) is 9.78 Å². The minimum Gasteiger partial charge on any atom is -0.356 e. The van der Waals surface area contributed by atoms with E-state index in [-0.39, 0.29) is 18.0 Å². The van der Waals surface area contributed by atoms with E-state index in [2.05, 4.69) is 30.1 Å². The van der Waals surface area contributed by atoms with Crippen LogP contribution in [0.2, 0.25) is 5.02 Å². The van der Waals surface area contributed by atoms with Crippen molar-refractivity contribution in [2.45, 2.75) is 12.5 Å². The highest BCUT2D eigenvalue weighted by molar-refractivity contribution is 6.30. The molecule has 0 radical (unpaired) electrons. The molecule has 0 bridgehead atoms. The Kier molecular flexibility index (Phi) is 3.85. The molecule has 150 valence electrons. The largest absolute Gasteiger partial charge is 0.356 e. The number of rotatable bonds is 4. The molecule has 1 saturated carbocycles. The van der Waals surface area contributed by atoms with E-state index in [9.17, 15) is 4.79 Å². The summed E-state index contributed by atoms with van der Waals surface area (Å²) in [7, 11) is 0. The first-order chi connectivity index (χ1) is 14.7. The van der Waals surface area contributed by atoms with Gasteiger partial charge in [-0.05, 0) is 36.1 Å². The second kappa shape index (κ2) is 6.60. The SMILES string of the molecule is O=c1c2cccnc2cnn1Cc1nc([C@H]2[C@@H]3CN(c4cc(Cl)ccn4)C[C@@H]32)no1. The van der Waals surface area contributed by atoms with Gasteiger partial charge in [0.15, 0.2) is 5.82 Å². The predicted octanol–water partition coefficient (Wildman–Crippen LogP) is 2.12. The number of pyridine rings is 2. The minimum absolute atomic E-state index is 0.136. The first-order valence-electron chi connectivity index (χ1n) is 9.67.